The molecule has 152 valence electrons. The minimum Gasteiger partial charge on any atom is -0.398 e. The van der Waals surface area contributed by atoms with Gasteiger partial charge in [0.15, 0.2) is 0 Å². The van der Waals surface area contributed by atoms with Gasteiger partial charge in [-0.25, -0.2) is 0 Å². The Labute approximate surface area is 179 Å². The lowest BCUT2D eigenvalue weighted by atomic mass is 9.98. The van der Waals surface area contributed by atoms with Gasteiger partial charge in [0, 0.05) is 16.3 Å². The van der Waals surface area contributed by atoms with Gasteiger partial charge in [0.05, 0.1) is 5.60 Å². The Morgan fingerprint density at radius 1 is 0.759 bits per heavy atom. The van der Waals surface area contributed by atoms with E-state index in [2.05, 4.69) is 66.7 Å². The van der Waals surface area contributed by atoms with E-state index in [1.165, 1.54) is 22.3 Å². The van der Waals surface area contributed by atoms with Crippen LogP contribution in [0.5, 0.6) is 0 Å². The van der Waals surface area contributed by atoms with Crippen LogP contribution in [0, 0.1) is 0 Å². The monoisotopic (exact) mass is 405 g/mol. The fraction of sp³-hybridized carbons (Fsp3) is 0.308. The van der Waals surface area contributed by atoms with Crippen LogP contribution in [0.1, 0.15) is 36.1 Å². The number of hydrogen-bond acceptors (Lipinski definition) is 3. The zero-order valence-corrected chi connectivity index (χ0v) is 18.2. The van der Waals surface area contributed by atoms with Crippen molar-refractivity contribution in [1.29, 1.82) is 0 Å². The number of thioether (sulfide) groups is 1. The fourth-order valence-corrected chi connectivity index (χ4v) is 4.36. The third kappa shape index (κ3) is 6.95. The van der Waals surface area contributed by atoms with Crippen molar-refractivity contribution in [2.75, 3.05) is 11.5 Å². The summed E-state index contributed by atoms with van der Waals surface area (Å²) in [5.41, 5.74) is 11.9. The average molecular weight is 406 g/mol. The Morgan fingerprint density at radius 3 is 1.83 bits per heavy atom. The van der Waals surface area contributed by atoms with Crippen LogP contribution in [0.25, 0.3) is 0 Å². The first-order valence-electron chi connectivity index (χ1n) is 10.2. The number of benzene rings is 3. The number of hydrogen-bond donors (Lipinski definition) is 2. The van der Waals surface area contributed by atoms with Gasteiger partial charge in [-0.3, -0.25) is 0 Å². The SMILES string of the molecule is CC(C)(O)CSc1cc(CCc2ccccc2)cc(CCc2ccccc2)c1N. The highest BCUT2D eigenvalue weighted by Gasteiger charge is 2.16. The van der Waals surface area contributed by atoms with E-state index in [1.54, 1.807) is 11.8 Å². The molecule has 0 aliphatic rings. The van der Waals surface area contributed by atoms with Gasteiger partial charge in [-0.1, -0.05) is 66.7 Å². The van der Waals surface area contributed by atoms with E-state index in [1.807, 2.05) is 19.9 Å². The number of nitrogens with two attached hydrogens (primary N) is 1. The highest BCUT2D eigenvalue weighted by Crippen LogP contribution is 2.33. The quantitative estimate of drug-likeness (QED) is 0.354. The van der Waals surface area contributed by atoms with Gasteiger partial charge in [0.2, 0.25) is 0 Å². The first-order chi connectivity index (χ1) is 13.9. The van der Waals surface area contributed by atoms with Crippen molar-refractivity contribution in [1.82, 2.24) is 0 Å². The van der Waals surface area contributed by atoms with Crippen LogP contribution in [0.2, 0.25) is 0 Å². The first-order valence-corrected chi connectivity index (χ1v) is 11.2. The standard InChI is InChI=1S/C26H31NOS/c1-26(2,28)19-29-24-18-22(14-13-20-9-5-3-6-10-20)17-23(25(24)27)16-15-21-11-7-4-8-12-21/h3-12,17-18,28H,13-16,19,27H2,1-2H3. The first kappa shape index (κ1) is 21.5. The van der Waals surface area contributed by atoms with Gasteiger partial charge in [0.1, 0.15) is 0 Å². The van der Waals surface area contributed by atoms with E-state index < -0.39 is 5.60 Å². The summed E-state index contributed by atoms with van der Waals surface area (Å²) >= 11 is 1.65. The lowest BCUT2D eigenvalue weighted by Crippen LogP contribution is -2.21. The lowest BCUT2D eigenvalue weighted by Gasteiger charge is -2.19. The molecule has 3 aromatic carbocycles. The van der Waals surface area contributed by atoms with Crippen molar-refractivity contribution in [3.8, 4) is 0 Å². The molecule has 2 nitrogen and oxygen atoms in total. The molecular formula is C26H31NOS. The van der Waals surface area contributed by atoms with E-state index >= 15 is 0 Å². The summed E-state index contributed by atoms with van der Waals surface area (Å²) in [6.07, 6.45) is 3.89. The molecule has 0 aliphatic heterocycles. The molecule has 0 atom stereocenters. The van der Waals surface area contributed by atoms with Crippen LogP contribution in [0.3, 0.4) is 0 Å². The molecule has 0 amide bonds. The smallest absolute Gasteiger partial charge is 0.0685 e. The maximum atomic E-state index is 10.2. The normalized spacial score (nSPS) is 11.6. The molecule has 0 radical (unpaired) electrons. The summed E-state index contributed by atoms with van der Waals surface area (Å²) in [7, 11) is 0. The van der Waals surface area contributed by atoms with Gasteiger partial charge in [-0.15, -0.1) is 11.8 Å². The molecular weight excluding hydrogens is 374 g/mol. The fourth-order valence-electron chi connectivity index (χ4n) is 3.33. The zero-order chi connectivity index (χ0) is 20.7. The second-order valence-corrected chi connectivity index (χ2v) is 9.26. The number of rotatable bonds is 9. The molecule has 29 heavy (non-hydrogen) atoms. The molecule has 0 aromatic heterocycles. The Morgan fingerprint density at radius 2 is 1.28 bits per heavy atom. The summed E-state index contributed by atoms with van der Waals surface area (Å²) in [6, 6.07) is 25.6. The van der Waals surface area contributed by atoms with Crippen molar-refractivity contribution >= 4 is 17.4 Å². The molecule has 3 rings (SSSR count). The highest BCUT2D eigenvalue weighted by atomic mass is 32.2. The van der Waals surface area contributed by atoms with E-state index in [-0.39, 0.29) is 0 Å². The molecule has 0 bridgehead atoms. The van der Waals surface area contributed by atoms with Gasteiger partial charge >= 0.3 is 0 Å². The Bertz CT molecular complexity index is 901. The molecule has 0 heterocycles. The van der Waals surface area contributed by atoms with Crippen molar-refractivity contribution in [2.45, 2.75) is 50.0 Å². The summed E-state index contributed by atoms with van der Waals surface area (Å²) < 4.78 is 0. The second kappa shape index (κ2) is 10.00. The molecule has 0 saturated carbocycles. The second-order valence-electron chi connectivity index (χ2n) is 8.24. The van der Waals surface area contributed by atoms with Crippen LogP contribution in [0.15, 0.2) is 77.7 Å². The van der Waals surface area contributed by atoms with E-state index in [0.717, 1.165) is 36.3 Å². The van der Waals surface area contributed by atoms with Crippen molar-refractivity contribution < 1.29 is 5.11 Å². The van der Waals surface area contributed by atoms with Gasteiger partial charge in [-0.05, 0) is 67.9 Å². The van der Waals surface area contributed by atoms with Crippen LogP contribution < -0.4 is 5.73 Å². The van der Waals surface area contributed by atoms with Crippen molar-refractivity contribution in [2.24, 2.45) is 0 Å². The Balaban J connectivity index is 1.80. The van der Waals surface area contributed by atoms with Crippen LogP contribution >= 0.6 is 11.8 Å². The number of nitrogen functional groups attached to an aromatic ring is 1. The number of anilines is 1. The van der Waals surface area contributed by atoms with Gasteiger partial charge in [0.25, 0.3) is 0 Å². The van der Waals surface area contributed by atoms with Crippen molar-refractivity contribution in [3.63, 3.8) is 0 Å². The van der Waals surface area contributed by atoms with E-state index in [9.17, 15) is 5.11 Å². The Hall–Kier alpha value is -2.23. The Kier molecular flexibility index (Phi) is 7.40. The minimum absolute atomic E-state index is 0.622. The molecule has 0 saturated heterocycles. The molecule has 3 N–H and O–H groups in total. The summed E-state index contributed by atoms with van der Waals surface area (Å²) in [6.45, 7) is 3.68. The third-order valence-corrected chi connectivity index (χ3v) is 6.44. The maximum absolute atomic E-state index is 10.2. The summed E-state index contributed by atoms with van der Waals surface area (Å²) in [5.74, 6) is 0.622. The predicted molar refractivity (Wildman–Crippen MR) is 126 cm³/mol. The van der Waals surface area contributed by atoms with Crippen LogP contribution in [-0.4, -0.2) is 16.5 Å². The largest absolute Gasteiger partial charge is 0.398 e. The molecule has 0 spiro atoms. The molecule has 3 aromatic rings. The molecule has 0 aliphatic carbocycles. The molecule has 0 unspecified atom stereocenters. The predicted octanol–water partition coefficient (Wildman–Crippen LogP) is 5.70. The third-order valence-electron chi connectivity index (χ3n) is 4.94. The van der Waals surface area contributed by atoms with Crippen molar-refractivity contribution in [3.05, 3.63) is 95.1 Å². The average Bonchev–Trinajstić information content (AvgIpc) is 2.72. The van der Waals surface area contributed by atoms with Crippen LogP contribution in [0.4, 0.5) is 5.69 Å². The zero-order valence-electron chi connectivity index (χ0n) is 17.4. The summed E-state index contributed by atoms with van der Waals surface area (Å²) in [4.78, 5) is 1.08. The topological polar surface area (TPSA) is 46.2 Å². The minimum atomic E-state index is -0.721. The highest BCUT2D eigenvalue weighted by molar-refractivity contribution is 7.99. The summed E-state index contributed by atoms with van der Waals surface area (Å²) in [5, 5.41) is 10.2. The molecule has 0 fully saturated rings. The van der Waals surface area contributed by atoms with Gasteiger partial charge in [-0.2, -0.15) is 0 Å². The van der Waals surface area contributed by atoms with Gasteiger partial charge < -0.3 is 10.8 Å². The number of aliphatic hydroxyl groups is 1. The lowest BCUT2D eigenvalue weighted by molar-refractivity contribution is 0.107. The number of aryl methyl sites for hydroxylation is 4. The molecule has 3 heteroatoms. The van der Waals surface area contributed by atoms with E-state index in [4.69, 9.17) is 5.73 Å². The maximum Gasteiger partial charge on any atom is 0.0685 e. The van der Waals surface area contributed by atoms with E-state index in [0.29, 0.717) is 5.75 Å². The van der Waals surface area contributed by atoms with Crippen LogP contribution in [-0.2, 0) is 25.7 Å².